The van der Waals surface area contributed by atoms with Crippen molar-refractivity contribution in [2.24, 2.45) is 4.99 Å². The molecule has 8 heteroatoms. The standard InChI is InChI=1S/C15H19N5O3/c1-3-19-14(16)13(15(22)20(19)4-2)18-9-8-12-10(7-11(9)21)17-5-6-23-12/h7-8,16-17,21H,3-6H2,1-2H3. The molecule has 1 amide bonds. The van der Waals surface area contributed by atoms with Gasteiger partial charge in [0.25, 0.3) is 5.91 Å². The second kappa shape index (κ2) is 5.79. The number of hydrazine groups is 1. The van der Waals surface area contributed by atoms with Gasteiger partial charge < -0.3 is 15.2 Å². The Morgan fingerprint density at radius 3 is 2.74 bits per heavy atom. The summed E-state index contributed by atoms with van der Waals surface area (Å²) in [6, 6.07) is 3.10. The lowest BCUT2D eigenvalue weighted by atomic mass is 10.2. The number of benzene rings is 1. The lowest BCUT2D eigenvalue weighted by molar-refractivity contribution is -0.131. The summed E-state index contributed by atoms with van der Waals surface area (Å²) in [4.78, 5) is 16.6. The minimum atomic E-state index is -0.337. The van der Waals surface area contributed by atoms with Crippen molar-refractivity contribution in [3.63, 3.8) is 0 Å². The van der Waals surface area contributed by atoms with E-state index < -0.39 is 0 Å². The Balaban J connectivity index is 2.01. The molecule has 2 heterocycles. The molecule has 2 aliphatic heterocycles. The average Bonchev–Trinajstić information content (AvgIpc) is 2.78. The molecule has 0 unspecified atom stereocenters. The van der Waals surface area contributed by atoms with Gasteiger partial charge in [0.1, 0.15) is 23.8 Å². The summed E-state index contributed by atoms with van der Waals surface area (Å²) in [5.74, 6) is 0.212. The van der Waals surface area contributed by atoms with Crippen LogP contribution in [0.1, 0.15) is 13.8 Å². The molecule has 0 radical (unpaired) electrons. The first-order valence-corrected chi connectivity index (χ1v) is 7.57. The molecule has 1 saturated heterocycles. The van der Waals surface area contributed by atoms with Gasteiger partial charge in [-0.2, -0.15) is 0 Å². The normalized spacial score (nSPS) is 19.0. The zero-order valence-corrected chi connectivity index (χ0v) is 13.1. The number of hydrogen-bond acceptors (Lipinski definition) is 6. The number of phenolic OH excluding ortho intramolecular Hbond substituents is 1. The van der Waals surface area contributed by atoms with E-state index in [0.717, 1.165) is 0 Å². The SMILES string of the molecule is CCN1C(=N)C(=Nc2cc3c(cc2O)NCCO3)C(=O)N1CC. The van der Waals surface area contributed by atoms with Gasteiger partial charge in [-0.1, -0.05) is 0 Å². The van der Waals surface area contributed by atoms with Gasteiger partial charge in [-0.25, -0.2) is 10.0 Å². The minimum absolute atomic E-state index is 0.0210. The number of carbonyl (C=O) groups excluding carboxylic acids is 1. The van der Waals surface area contributed by atoms with Gasteiger partial charge in [0.05, 0.1) is 5.69 Å². The fraction of sp³-hybridized carbons (Fsp3) is 0.400. The molecule has 0 aromatic heterocycles. The third kappa shape index (κ3) is 2.45. The number of aliphatic imine (C=N–C) groups is 1. The van der Waals surface area contributed by atoms with E-state index in [9.17, 15) is 9.90 Å². The van der Waals surface area contributed by atoms with E-state index >= 15 is 0 Å². The predicted octanol–water partition coefficient (Wildman–Crippen LogP) is 1.35. The van der Waals surface area contributed by atoms with Crippen LogP contribution in [0.2, 0.25) is 0 Å². The predicted molar refractivity (Wildman–Crippen MR) is 86.7 cm³/mol. The zero-order valence-electron chi connectivity index (χ0n) is 13.1. The average molecular weight is 317 g/mol. The van der Waals surface area contributed by atoms with Crippen LogP contribution in [0.5, 0.6) is 11.5 Å². The number of amides is 1. The highest BCUT2D eigenvalue weighted by Crippen LogP contribution is 2.39. The van der Waals surface area contributed by atoms with Gasteiger partial charge in [0.15, 0.2) is 11.5 Å². The molecular weight excluding hydrogens is 298 g/mol. The smallest absolute Gasteiger partial charge is 0.294 e. The van der Waals surface area contributed by atoms with Crippen LogP contribution in [0.15, 0.2) is 17.1 Å². The number of amidine groups is 1. The summed E-state index contributed by atoms with van der Waals surface area (Å²) in [7, 11) is 0. The summed E-state index contributed by atoms with van der Waals surface area (Å²) in [5.41, 5.74) is 0.929. The summed E-state index contributed by atoms with van der Waals surface area (Å²) in [6.07, 6.45) is 0. The van der Waals surface area contributed by atoms with Crippen molar-refractivity contribution in [3.8, 4) is 11.5 Å². The number of phenols is 1. The van der Waals surface area contributed by atoms with E-state index in [4.69, 9.17) is 10.1 Å². The Morgan fingerprint density at radius 1 is 1.35 bits per heavy atom. The van der Waals surface area contributed by atoms with Crippen molar-refractivity contribution in [1.82, 2.24) is 10.0 Å². The van der Waals surface area contributed by atoms with Gasteiger partial charge in [-0.05, 0) is 13.8 Å². The molecule has 0 spiro atoms. The van der Waals surface area contributed by atoms with Gasteiger partial charge in [-0.15, -0.1) is 0 Å². The first-order chi connectivity index (χ1) is 11.1. The second-order valence-corrected chi connectivity index (χ2v) is 5.16. The van der Waals surface area contributed by atoms with Crippen molar-refractivity contribution in [1.29, 1.82) is 5.41 Å². The van der Waals surface area contributed by atoms with E-state index in [1.54, 1.807) is 11.1 Å². The number of nitrogens with zero attached hydrogens (tertiary/aromatic N) is 3. The monoisotopic (exact) mass is 317 g/mol. The molecule has 0 aliphatic carbocycles. The molecule has 3 N–H and O–H groups in total. The van der Waals surface area contributed by atoms with Crippen molar-refractivity contribution in [2.45, 2.75) is 13.8 Å². The van der Waals surface area contributed by atoms with E-state index in [1.165, 1.54) is 11.1 Å². The molecular formula is C15H19N5O3. The summed E-state index contributed by atoms with van der Waals surface area (Å²) in [5, 5.41) is 24.4. The second-order valence-electron chi connectivity index (χ2n) is 5.16. The van der Waals surface area contributed by atoms with Crippen molar-refractivity contribution in [3.05, 3.63) is 12.1 Å². The Kier molecular flexibility index (Phi) is 3.81. The van der Waals surface area contributed by atoms with E-state index in [0.29, 0.717) is 37.7 Å². The first kappa shape index (κ1) is 15.1. The molecule has 0 atom stereocenters. The molecule has 0 saturated carbocycles. The Bertz CT molecular complexity index is 677. The van der Waals surface area contributed by atoms with Crippen LogP contribution in [0.25, 0.3) is 0 Å². The Hall–Kier alpha value is -2.77. The minimum Gasteiger partial charge on any atom is -0.506 e. The van der Waals surface area contributed by atoms with E-state index in [-0.39, 0.29) is 28.9 Å². The number of rotatable bonds is 3. The van der Waals surface area contributed by atoms with Gasteiger partial charge >= 0.3 is 0 Å². The highest BCUT2D eigenvalue weighted by atomic mass is 16.5. The molecule has 0 bridgehead atoms. The third-order valence-electron chi connectivity index (χ3n) is 3.79. The number of carbonyl (C=O) groups is 1. The molecule has 23 heavy (non-hydrogen) atoms. The number of anilines is 1. The number of hydrogen-bond donors (Lipinski definition) is 3. The highest BCUT2D eigenvalue weighted by molar-refractivity contribution is 6.68. The molecule has 1 aromatic rings. The van der Waals surface area contributed by atoms with Crippen LogP contribution in [-0.4, -0.2) is 58.8 Å². The van der Waals surface area contributed by atoms with Crippen LogP contribution < -0.4 is 10.1 Å². The number of fused-ring (bicyclic) bond motifs is 1. The largest absolute Gasteiger partial charge is 0.506 e. The summed E-state index contributed by atoms with van der Waals surface area (Å²) < 4.78 is 5.52. The van der Waals surface area contributed by atoms with Gasteiger partial charge in [-0.3, -0.25) is 15.2 Å². The van der Waals surface area contributed by atoms with Crippen LogP contribution in [-0.2, 0) is 4.79 Å². The van der Waals surface area contributed by atoms with Crippen molar-refractivity contribution in [2.75, 3.05) is 31.6 Å². The van der Waals surface area contributed by atoms with E-state index in [2.05, 4.69) is 10.3 Å². The van der Waals surface area contributed by atoms with Crippen molar-refractivity contribution >= 4 is 28.8 Å². The molecule has 8 nitrogen and oxygen atoms in total. The number of ether oxygens (including phenoxy) is 1. The zero-order chi connectivity index (χ0) is 16.6. The van der Waals surface area contributed by atoms with E-state index in [1.807, 2.05) is 13.8 Å². The fourth-order valence-electron chi connectivity index (χ4n) is 2.69. The molecule has 1 fully saturated rings. The molecule has 2 aliphatic rings. The van der Waals surface area contributed by atoms with Crippen LogP contribution in [0, 0.1) is 5.41 Å². The van der Waals surface area contributed by atoms with Crippen LogP contribution in [0.3, 0.4) is 0 Å². The third-order valence-corrected chi connectivity index (χ3v) is 3.79. The maximum Gasteiger partial charge on any atom is 0.294 e. The molecule has 1 aromatic carbocycles. The quantitative estimate of drug-likeness (QED) is 0.781. The molecule has 3 rings (SSSR count). The molecule has 122 valence electrons. The maximum atomic E-state index is 12.4. The fourth-order valence-corrected chi connectivity index (χ4v) is 2.69. The first-order valence-electron chi connectivity index (χ1n) is 7.57. The Morgan fingerprint density at radius 2 is 2.09 bits per heavy atom. The maximum absolute atomic E-state index is 12.4. The lowest BCUT2D eigenvalue weighted by Gasteiger charge is -2.25. The highest BCUT2D eigenvalue weighted by Gasteiger charge is 2.38. The number of aromatic hydroxyl groups is 1. The topological polar surface area (TPSA) is 101 Å². The van der Waals surface area contributed by atoms with Crippen LogP contribution >= 0.6 is 0 Å². The Labute approximate surface area is 133 Å². The lowest BCUT2D eigenvalue weighted by Crippen LogP contribution is -2.40. The van der Waals surface area contributed by atoms with Crippen LogP contribution in [0.4, 0.5) is 11.4 Å². The van der Waals surface area contributed by atoms with Crippen molar-refractivity contribution < 1.29 is 14.6 Å². The van der Waals surface area contributed by atoms with Gasteiger partial charge in [0.2, 0.25) is 0 Å². The summed E-state index contributed by atoms with van der Waals surface area (Å²) in [6.45, 7) is 5.85. The van der Waals surface area contributed by atoms with Gasteiger partial charge in [0, 0.05) is 31.8 Å². The number of nitrogens with one attached hydrogen (secondary N) is 2. The summed E-state index contributed by atoms with van der Waals surface area (Å²) >= 11 is 0.